The van der Waals surface area contributed by atoms with Gasteiger partial charge in [-0.15, -0.1) is 0 Å². The first kappa shape index (κ1) is 12.6. The van der Waals surface area contributed by atoms with Crippen molar-refractivity contribution < 1.29 is 0 Å². The number of rotatable bonds is 3. The molecular weight excluding hydrogens is 212 g/mol. The minimum Gasteiger partial charge on any atom is -0.309 e. The Morgan fingerprint density at radius 2 is 2.00 bits per heavy atom. The van der Waals surface area contributed by atoms with Gasteiger partial charge in [-0.1, -0.05) is 0 Å². The molecule has 4 heteroatoms. The zero-order valence-electron chi connectivity index (χ0n) is 11.3. The zero-order valence-corrected chi connectivity index (χ0v) is 11.3. The summed E-state index contributed by atoms with van der Waals surface area (Å²) < 4.78 is 2.03. The summed E-state index contributed by atoms with van der Waals surface area (Å²) in [7, 11) is 0. The first-order valence-corrected chi connectivity index (χ1v) is 6.57. The van der Waals surface area contributed by atoms with Crippen molar-refractivity contribution in [1.29, 1.82) is 0 Å². The van der Waals surface area contributed by atoms with E-state index in [1.807, 2.05) is 4.68 Å². The van der Waals surface area contributed by atoms with Gasteiger partial charge in [0, 0.05) is 44.0 Å². The third-order valence-electron chi connectivity index (χ3n) is 3.21. The molecule has 0 amide bonds. The van der Waals surface area contributed by atoms with E-state index < -0.39 is 0 Å². The Kier molecular flexibility index (Phi) is 3.84. The van der Waals surface area contributed by atoms with Crippen LogP contribution in [0.1, 0.15) is 39.4 Å². The normalized spacial score (nSPS) is 26.6. The maximum Gasteiger partial charge on any atom is 0.0764 e. The summed E-state index contributed by atoms with van der Waals surface area (Å²) in [5, 5.41) is 8.16. The van der Waals surface area contributed by atoms with Crippen molar-refractivity contribution in [1.82, 2.24) is 20.0 Å². The monoisotopic (exact) mass is 236 g/mol. The molecule has 1 saturated heterocycles. The highest BCUT2D eigenvalue weighted by Gasteiger charge is 2.21. The third kappa shape index (κ3) is 3.30. The van der Waals surface area contributed by atoms with Crippen LogP contribution < -0.4 is 5.32 Å². The summed E-state index contributed by atoms with van der Waals surface area (Å²) in [5.41, 5.74) is 1.18. The largest absolute Gasteiger partial charge is 0.309 e. The van der Waals surface area contributed by atoms with E-state index in [4.69, 9.17) is 0 Å². The molecule has 4 nitrogen and oxygen atoms in total. The summed E-state index contributed by atoms with van der Waals surface area (Å²) >= 11 is 0. The van der Waals surface area contributed by atoms with Crippen LogP contribution in [-0.4, -0.2) is 39.9 Å². The van der Waals surface area contributed by atoms with Crippen LogP contribution in [0.2, 0.25) is 0 Å². The van der Waals surface area contributed by atoms with E-state index in [1.165, 1.54) is 5.69 Å². The number of piperazine rings is 1. The van der Waals surface area contributed by atoms with Gasteiger partial charge < -0.3 is 5.32 Å². The van der Waals surface area contributed by atoms with Gasteiger partial charge in [0.05, 0.1) is 5.69 Å². The van der Waals surface area contributed by atoms with Crippen molar-refractivity contribution in [3.63, 3.8) is 0 Å². The average Bonchev–Trinajstić information content (AvgIpc) is 2.64. The summed E-state index contributed by atoms with van der Waals surface area (Å²) in [6, 6.07) is 3.73. The lowest BCUT2D eigenvalue weighted by Crippen LogP contribution is -2.53. The SMILES string of the molecule is CC1CN(Cc2ccn(C(C)C)n2)CC(C)N1. The van der Waals surface area contributed by atoms with Gasteiger partial charge in [0.15, 0.2) is 0 Å². The Morgan fingerprint density at radius 1 is 1.35 bits per heavy atom. The second kappa shape index (κ2) is 5.19. The molecule has 0 aliphatic carbocycles. The first-order valence-electron chi connectivity index (χ1n) is 6.57. The molecule has 17 heavy (non-hydrogen) atoms. The molecule has 1 aromatic heterocycles. The van der Waals surface area contributed by atoms with Crippen molar-refractivity contribution in [2.75, 3.05) is 13.1 Å². The molecule has 2 rings (SSSR count). The second-order valence-corrected chi connectivity index (χ2v) is 5.54. The van der Waals surface area contributed by atoms with Crippen LogP contribution in [0.5, 0.6) is 0 Å². The average molecular weight is 236 g/mol. The van der Waals surface area contributed by atoms with E-state index in [0.717, 1.165) is 19.6 Å². The molecule has 1 fully saturated rings. The minimum atomic E-state index is 0.449. The molecule has 96 valence electrons. The minimum absolute atomic E-state index is 0.449. The van der Waals surface area contributed by atoms with Crippen molar-refractivity contribution in [2.24, 2.45) is 0 Å². The Labute approximate surface area is 104 Å². The molecule has 0 saturated carbocycles. The number of hydrogen-bond donors (Lipinski definition) is 1. The van der Waals surface area contributed by atoms with Crippen LogP contribution in [0.25, 0.3) is 0 Å². The Morgan fingerprint density at radius 3 is 2.53 bits per heavy atom. The molecule has 2 unspecified atom stereocenters. The van der Waals surface area contributed by atoms with Gasteiger partial charge in [-0.05, 0) is 33.8 Å². The van der Waals surface area contributed by atoms with Crippen molar-refractivity contribution in [3.8, 4) is 0 Å². The van der Waals surface area contributed by atoms with Crippen LogP contribution in [0.3, 0.4) is 0 Å². The van der Waals surface area contributed by atoms with Gasteiger partial charge in [-0.25, -0.2) is 0 Å². The molecule has 0 aromatic carbocycles. The molecule has 0 radical (unpaired) electrons. The smallest absolute Gasteiger partial charge is 0.0764 e. The van der Waals surface area contributed by atoms with Crippen molar-refractivity contribution in [2.45, 2.75) is 52.4 Å². The highest BCUT2D eigenvalue weighted by molar-refractivity contribution is 5.00. The van der Waals surface area contributed by atoms with E-state index in [2.05, 4.69) is 55.3 Å². The molecule has 0 bridgehead atoms. The molecule has 1 aliphatic heterocycles. The van der Waals surface area contributed by atoms with Crippen LogP contribution in [-0.2, 0) is 6.54 Å². The lowest BCUT2D eigenvalue weighted by atomic mass is 10.1. The molecule has 0 spiro atoms. The maximum atomic E-state index is 4.61. The maximum absolute atomic E-state index is 4.61. The topological polar surface area (TPSA) is 33.1 Å². The molecule has 1 aliphatic rings. The predicted molar refractivity (Wildman–Crippen MR) is 69.9 cm³/mol. The van der Waals surface area contributed by atoms with E-state index in [-0.39, 0.29) is 0 Å². The summed E-state index contributed by atoms with van der Waals surface area (Å²) in [6.07, 6.45) is 2.08. The van der Waals surface area contributed by atoms with Crippen LogP contribution in [0.15, 0.2) is 12.3 Å². The van der Waals surface area contributed by atoms with Crippen LogP contribution >= 0.6 is 0 Å². The Balaban J connectivity index is 1.95. The van der Waals surface area contributed by atoms with Crippen LogP contribution in [0, 0.1) is 0 Å². The number of nitrogens with zero attached hydrogens (tertiary/aromatic N) is 3. The van der Waals surface area contributed by atoms with Crippen molar-refractivity contribution >= 4 is 0 Å². The van der Waals surface area contributed by atoms with Crippen molar-refractivity contribution in [3.05, 3.63) is 18.0 Å². The van der Waals surface area contributed by atoms with E-state index in [9.17, 15) is 0 Å². The summed E-state index contributed by atoms with van der Waals surface area (Å²) in [4.78, 5) is 2.48. The second-order valence-electron chi connectivity index (χ2n) is 5.54. The van der Waals surface area contributed by atoms with Gasteiger partial charge >= 0.3 is 0 Å². The highest BCUT2D eigenvalue weighted by Crippen LogP contribution is 2.10. The first-order chi connectivity index (χ1) is 8.04. The highest BCUT2D eigenvalue weighted by atomic mass is 15.3. The van der Waals surface area contributed by atoms with Gasteiger partial charge in [0.2, 0.25) is 0 Å². The van der Waals surface area contributed by atoms with E-state index in [0.29, 0.717) is 18.1 Å². The lowest BCUT2D eigenvalue weighted by molar-refractivity contribution is 0.164. The van der Waals surface area contributed by atoms with Gasteiger partial charge in [0.25, 0.3) is 0 Å². The molecule has 2 atom stereocenters. The van der Waals surface area contributed by atoms with E-state index in [1.54, 1.807) is 0 Å². The fourth-order valence-electron chi connectivity index (χ4n) is 2.55. The molecular formula is C13H24N4. The quantitative estimate of drug-likeness (QED) is 0.866. The fourth-order valence-corrected chi connectivity index (χ4v) is 2.55. The number of nitrogens with one attached hydrogen (secondary N) is 1. The van der Waals surface area contributed by atoms with Crippen LogP contribution in [0.4, 0.5) is 0 Å². The third-order valence-corrected chi connectivity index (χ3v) is 3.21. The van der Waals surface area contributed by atoms with Gasteiger partial charge in [-0.3, -0.25) is 9.58 Å². The number of aromatic nitrogens is 2. The predicted octanol–water partition coefficient (Wildman–Crippen LogP) is 1.65. The van der Waals surface area contributed by atoms with E-state index >= 15 is 0 Å². The molecule has 1 aromatic rings. The van der Waals surface area contributed by atoms with Gasteiger partial charge in [-0.2, -0.15) is 5.10 Å². The summed E-state index contributed by atoms with van der Waals surface area (Å²) in [5.74, 6) is 0. The lowest BCUT2D eigenvalue weighted by Gasteiger charge is -2.35. The number of hydrogen-bond acceptors (Lipinski definition) is 3. The molecule has 2 heterocycles. The Bertz CT molecular complexity index is 348. The molecule has 1 N–H and O–H groups in total. The standard InChI is InChI=1S/C13H24N4/c1-10(2)17-6-5-13(15-17)9-16-7-11(3)14-12(4)8-16/h5-6,10-12,14H,7-9H2,1-4H3. The zero-order chi connectivity index (χ0) is 12.4. The fraction of sp³-hybridized carbons (Fsp3) is 0.769. The summed E-state index contributed by atoms with van der Waals surface area (Å²) in [6.45, 7) is 12.0. The Hall–Kier alpha value is -0.870. The van der Waals surface area contributed by atoms with Gasteiger partial charge in [0.1, 0.15) is 0 Å².